The highest BCUT2D eigenvalue weighted by Gasteiger charge is 2.44. The largest absolute Gasteiger partial charge is 0.543 e. The number of carbonyl (C=O) groups excluding carboxylic acids is 3. The van der Waals surface area contributed by atoms with E-state index < -0.39 is 50.1 Å². The highest BCUT2D eigenvalue weighted by Crippen LogP contribution is 2.41. The summed E-state index contributed by atoms with van der Waals surface area (Å²) in [6.07, 6.45) is 0.765. The molecule has 242 valence electrons. The number of rotatable bonds is 3. The van der Waals surface area contributed by atoms with Crippen molar-refractivity contribution in [3.05, 3.63) is 35.4 Å². The Bertz CT molecular complexity index is 1370. The van der Waals surface area contributed by atoms with Gasteiger partial charge < -0.3 is 23.4 Å². The van der Waals surface area contributed by atoms with E-state index in [0.717, 1.165) is 0 Å². The quantitative estimate of drug-likeness (QED) is 0.200. The molecular formula is C34H49NO8Si. The molecule has 2 heterocycles. The van der Waals surface area contributed by atoms with Crippen LogP contribution < -0.4 is 9.33 Å². The Morgan fingerprint density at radius 2 is 1.70 bits per heavy atom. The predicted octanol–water partition coefficient (Wildman–Crippen LogP) is 7.02. The Labute approximate surface area is 263 Å². The molecule has 1 amide bonds. The summed E-state index contributed by atoms with van der Waals surface area (Å²) in [6.45, 7) is 23.0. The smallest absolute Gasteiger partial charge is 0.414 e. The summed E-state index contributed by atoms with van der Waals surface area (Å²) in [5.41, 5.74) is 0.231. The number of fused-ring (bicyclic) bond motifs is 2. The van der Waals surface area contributed by atoms with E-state index in [1.54, 1.807) is 66.8 Å². The molecule has 0 saturated carbocycles. The number of cyclic esters (lactones) is 1. The lowest BCUT2D eigenvalue weighted by Gasteiger charge is -2.37. The number of anilines is 1. The molecule has 0 N–H and O–H groups in total. The molecule has 1 aromatic carbocycles. The van der Waals surface area contributed by atoms with E-state index in [1.165, 1.54) is 11.0 Å². The Morgan fingerprint density at radius 3 is 2.30 bits per heavy atom. The van der Waals surface area contributed by atoms with Gasteiger partial charge in [-0.25, -0.2) is 9.59 Å². The maximum atomic E-state index is 13.9. The second kappa shape index (κ2) is 12.7. The summed E-state index contributed by atoms with van der Waals surface area (Å²) in [6, 6.07) is 3.33. The zero-order valence-corrected chi connectivity index (χ0v) is 29.5. The van der Waals surface area contributed by atoms with E-state index >= 15 is 0 Å². The number of hydrogen-bond donors (Lipinski definition) is 0. The second-order valence-electron chi connectivity index (χ2n) is 14.6. The summed E-state index contributed by atoms with van der Waals surface area (Å²) in [5.74, 6) is 4.42. The van der Waals surface area contributed by atoms with Gasteiger partial charge in [0.1, 0.15) is 29.1 Å². The predicted molar refractivity (Wildman–Crippen MR) is 172 cm³/mol. The average Bonchev–Trinajstić information content (AvgIpc) is 3.17. The first-order chi connectivity index (χ1) is 20.0. The van der Waals surface area contributed by atoms with Crippen molar-refractivity contribution in [3.63, 3.8) is 0 Å². The molecule has 2 aliphatic heterocycles. The Kier molecular flexibility index (Phi) is 10.2. The first-order valence-electron chi connectivity index (χ1n) is 15.1. The van der Waals surface area contributed by atoms with Crippen LogP contribution in [0.5, 0.6) is 5.75 Å². The second-order valence-corrected chi connectivity index (χ2v) is 19.3. The van der Waals surface area contributed by atoms with Crippen molar-refractivity contribution in [2.45, 2.75) is 123 Å². The van der Waals surface area contributed by atoms with Crippen molar-refractivity contribution in [2.24, 2.45) is 5.92 Å². The molecule has 2 aliphatic rings. The molecule has 0 radical (unpaired) electrons. The van der Waals surface area contributed by atoms with Gasteiger partial charge in [-0.05, 0) is 71.8 Å². The van der Waals surface area contributed by atoms with Gasteiger partial charge >= 0.3 is 12.1 Å². The molecule has 10 heteroatoms. The fourth-order valence-corrected chi connectivity index (χ4v) is 5.37. The van der Waals surface area contributed by atoms with E-state index in [4.69, 9.17) is 23.4 Å². The van der Waals surface area contributed by atoms with E-state index in [1.807, 2.05) is 6.92 Å². The Balaban J connectivity index is 2.25. The van der Waals surface area contributed by atoms with Gasteiger partial charge in [-0.15, -0.1) is 0 Å². The van der Waals surface area contributed by atoms with Crippen LogP contribution >= 0.6 is 0 Å². The minimum atomic E-state index is -2.49. The molecule has 9 nitrogen and oxygen atoms in total. The third-order valence-electron chi connectivity index (χ3n) is 8.10. The molecule has 44 heavy (non-hydrogen) atoms. The highest BCUT2D eigenvalue weighted by atomic mass is 28.4. The van der Waals surface area contributed by atoms with Crippen LogP contribution in [0.3, 0.4) is 0 Å². The normalized spacial score (nSPS) is 24.2. The molecule has 1 fully saturated rings. The zero-order chi connectivity index (χ0) is 33.4. The number of carbonyl (C=O) groups is 3. The van der Waals surface area contributed by atoms with Crippen LogP contribution in [0, 0.1) is 17.8 Å². The van der Waals surface area contributed by atoms with Gasteiger partial charge in [0, 0.05) is 31.0 Å². The number of amides is 1. The van der Waals surface area contributed by atoms with Crippen LogP contribution in [0.15, 0.2) is 24.3 Å². The standard InChI is InChI=1S/C34H49NO8Si/c1-21-17-18-25(36)29-26(40-34(9,10)41-29)16-14-15-23-19-24(35(11)31(38)42-32(3,4)5)20-27(28(23)30(37)39-22(21)2)43-44(12,13)33(6,7)8/h17-22,26,29H,16H2,1-13H3/t21-,22+,26+,29-/m1/s1. The Hall–Kier alpha value is -3.13. The van der Waals surface area contributed by atoms with Gasteiger partial charge in [0.15, 0.2) is 17.7 Å². The topological polar surface area (TPSA) is 101 Å². The summed E-state index contributed by atoms with van der Waals surface area (Å²) >= 11 is 0. The van der Waals surface area contributed by atoms with Crippen LogP contribution in [-0.2, 0) is 23.7 Å². The summed E-state index contributed by atoms with van der Waals surface area (Å²) in [5, 5.41) is -0.190. The van der Waals surface area contributed by atoms with Crippen molar-refractivity contribution in [1.29, 1.82) is 0 Å². The van der Waals surface area contributed by atoms with Gasteiger partial charge in [-0.1, -0.05) is 45.6 Å². The zero-order valence-electron chi connectivity index (χ0n) is 28.5. The fraction of sp³-hybridized carbons (Fsp3) is 0.618. The van der Waals surface area contributed by atoms with Crippen molar-refractivity contribution in [1.82, 2.24) is 0 Å². The number of hydrogen-bond acceptors (Lipinski definition) is 8. The minimum absolute atomic E-state index is 0.165. The molecular weight excluding hydrogens is 578 g/mol. The third kappa shape index (κ3) is 8.52. The van der Waals surface area contributed by atoms with Gasteiger partial charge in [0.25, 0.3) is 8.32 Å². The van der Waals surface area contributed by atoms with Crippen molar-refractivity contribution in [3.8, 4) is 17.6 Å². The molecule has 0 bridgehead atoms. The first kappa shape index (κ1) is 35.3. The summed E-state index contributed by atoms with van der Waals surface area (Å²) in [4.78, 5) is 41.5. The van der Waals surface area contributed by atoms with E-state index in [0.29, 0.717) is 11.3 Å². The third-order valence-corrected chi connectivity index (χ3v) is 12.4. The molecule has 0 unspecified atom stereocenters. The van der Waals surface area contributed by atoms with Crippen LogP contribution in [0.2, 0.25) is 18.1 Å². The Morgan fingerprint density at radius 1 is 1.07 bits per heavy atom. The lowest BCUT2D eigenvalue weighted by atomic mass is 10.00. The van der Waals surface area contributed by atoms with Gasteiger partial charge in [0.2, 0.25) is 0 Å². The van der Waals surface area contributed by atoms with Crippen LogP contribution in [0.1, 0.15) is 91.6 Å². The van der Waals surface area contributed by atoms with E-state index in [-0.39, 0.29) is 34.5 Å². The molecule has 0 aromatic heterocycles. The van der Waals surface area contributed by atoms with Gasteiger partial charge in [0.05, 0.1) is 5.69 Å². The number of ether oxygens (including phenoxy) is 4. The minimum Gasteiger partial charge on any atom is -0.543 e. The molecule has 4 atom stereocenters. The first-order valence-corrected chi connectivity index (χ1v) is 18.0. The van der Waals surface area contributed by atoms with Crippen molar-refractivity contribution >= 4 is 31.9 Å². The monoisotopic (exact) mass is 627 g/mol. The summed E-state index contributed by atoms with van der Waals surface area (Å²) in [7, 11) is -0.894. The number of nitrogens with zero attached hydrogens (tertiary/aromatic N) is 1. The number of benzene rings is 1. The number of ketones is 1. The van der Waals surface area contributed by atoms with Crippen LogP contribution in [0.25, 0.3) is 0 Å². The molecule has 1 saturated heterocycles. The highest BCUT2D eigenvalue weighted by molar-refractivity contribution is 6.74. The molecule has 0 spiro atoms. The van der Waals surface area contributed by atoms with Gasteiger partial charge in [-0.3, -0.25) is 9.69 Å². The average molecular weight is 628 g/mol. The lowest BCUT2D eigenvalue weighted by Crippen LogP contribution is -2.44. The SMILES string of the molecule is C[C@@H]1C=CC(=O)[C@H]2OC(C)(C)O[C@H]2CC#Cc2cc(N(C)C(=O)OC(C)(C)C)cc(O[Si](C)(C)C(C)(C)C)c2C(=O)O[C@H]1C. The van der Waals surface area contributed by atoms with Crippen LogP contribution in [-0.4, -0.2) is 62.9 Å². The summed E-state index contributed by atoms with van der Waals surface area (Å²) < 4.78 is 30.3. The maximum Gasteiger partial charge on any atom is 0.414 e. The van der Waals surface area contributed by atoms with Crippen LogP contribution in [0.4, 0.5) is 10.5 Å². The van der Waals surface area contributed by atoms with Crippen molar-refractivity contribution in [2.75, 3.05) is 11.9 Å². The molecule has 3 rings (SSSR count). The maximum absolute atomic E-state index is 13.9. The van der Waals surface area contributed by atoms with Gasteiger partial charge in [-0.2, -0.15) is 0 Å². The fourth-order valence-electron chi connectivity index (χ4n) is 4.35. The molecule has 0 aliphatic carbocycles. The lowest BCUT2D eigenvalue weighted by molar-refractivity contribution is -0.152. The van der Waals surface area contributed by atoms with E-state index in [2.05, 4.69) is 45.7 Å². The number of esters is 1. The van der Waals surface area contributed by atoms with Crippen molar-refractivity contribution < 1.29 is 37.8 Å². The van der Waals surface area contributed by atoms with E-state index in [9.17, 15) is 14.4 Å². The molecule has 1 aromatic rings.